The molecule has 0 fully saturated rings. The first kappa shape index (κ1) is 32.8. The highest BCUT2D eigenvalue weighted by Gasteiger charge is 2.51. The number of hydrogen-bond donors (Lipinski definition) is 4. The number of aldehydes is 1. The van der Waals surface area contributed by atoms with Crippen LogP contribution in [0, 0.1) is 0 Å². The Hall–Kier alpha value is -5.14. The average molecular weight is 664 g/mol. The fraction of sp³-hybridized carbons (Fsp3) is 0.286. The Morgan fingerprint density at radius 2 is 1.85 bits per heavy atom. The summed E-state index contributed by atoms with van der Waals surface area (Å²) < 4.78 is 51.7. The van der Waals surface area contributed by atoms with Crippen LogP contribution in [0.25, 0.3) is 10.9 Å². The van der Waals surface area contributed by atoms with Gasteiger partial charge in [-0.05, 0) is 60.0 Å². The van der Waals surface area contributed by atoms with Crippen LogP contribution < -0.4 is 14.8 Å². The van der Waals surface area contributed by atoms with Crippen LogP contribution in [0.1, 0.15) is 43.5 Å². The molecule has 250 valence electrons. The molecule has 1 aromatic heterocycles. The molecule has 13 heteroatoms. The molecule has 0 radical (unpaired) electrons. The van der Waals surface area contributed by atoms with E-state index in [1.807, 2.05) is 30.3 Å². The lowest BCUT2D eigenvalue weighted by Crippen LogP contribution is -2.56. The molecule has 48 heavy (non-hydrogen) atoms. The number of carbonyl (C=O) groups is 3. The first-order valence-electron chi connectivity index (χ1n) is 15.2. The number of aromatic amines is 1. The zero-order valence-corrected chi connectivity index (χ0v) is 25.7. The number of ether oxygens (including phenoxy) is 2. The number of alkyl halides is 3. The number of aromatic nitrogens is 1. The van der Waals surface area contributed by atoms with Crippen molar-refractivity contribution in [3.8, 4) is 11.5 Å². The molecule has 1 aliphatic carbocycles. The van der Waals surface area contributed by atoms with Gasteiger partial charge in [0, 0.05) is 53.0 Å². The maximum absolute atomic E-state index is 14.1. The summed E-state index contributed by atoms with van der Waals surface area (Å²) in [7, 11) is 1.38. The Morgan fingerprint density at radius 3 is 2.52 bits per heavy atom. The fourth-order valence-electron chi connectivity index (χ4n) is 6.42. The Kier molecular flexibility index (Phi) is 8.99. The highest BCUT2D eigenvalue weighted by molar-refractivity contribution is 5.98. The predicted molar refractivity (Wildman–Crippen MR) is 168 cm³/mol. The van der Waals surface area contributed by atoms with Gasteiger partial charge in [-0.1, -0.05) is 18.2 Å². The van der Waals surface area contributed by atoms with Gasteiger partial charge >= 0.3 is 6.18 Å². The molecule has 4 aromatic rings. The predicted octanol–water partition coefficient (Wildman–Crippen LogP) is 4.02. The Morgan fingerprint density at radius 1 is 1.10 bits per heavy atom. The number of halogens is 3. The molecular formula is C35H32F3N3O7. The fourth-order valence-corrected chi connectivity index (χ4v) is 6.42. The molecule has 0 bridgehead atoms. The summed E-state index contributed by atoms with van der Waals surface area (Å²) in [5, 5.41) is 24.9. The molecule has 4 unspecified atom stereocenters. The number of carbonyl (C=O) groups excluding carboxylic acids is 3. The van der Waals surface area contributed by atoms with Crippen molar-refractivity contribution in [2.24, 2.45) is 0 Å². The Bertz CT molecular complexity index is 1850. The van der Waals surface area contributed by atoms with Crippen LogP contribution in [0.4, 0.5) is 13.2 Å². The summed E-state index contributed by atoms with van der Waals surface area (Å²) in [6, 6.07) is 15.1. The maximum Gasteiger partial charge on any atom is 0.416 e. The Labute approximate surface area is 272 Å². The highest BCUT2D eigenvalue weighted by Crippen LogP contribution is 2.51. The van der Waals surface area contributed by atoms with Crippen LogP contribution >= 0.6 is 0 Å². The van der Waals surface area contributed by atoms with E-state index in [2.05, 4.69) is 10.3 Å². The van der Waals surface area contributed by atoms with E-state index in [0.717, 1.165) is 40.9 Å². The van der Waals surface area contributed by atoms with E-state index in [4.69, 9.17) is 9.47 Å². The number of fused-ring (bicyclic) bond motifs is 4. The zero-order chi connectivity index (χ0) is 34.2. The summed E-state index contributed by atoms with van der Waals surface area (Å²) >= 11 is 0. The number of amides is 2. The third kappa shape index (κ3) is 6.14. The summed E-state index contributed by atoms with van der Waals surface area (Å²) in [5.41, 5.74) is 1.45. The number of methoxy groups -OCH3 is 1. The topological polar surface area (TPSA) is 141 Å². The van der Waals surface area contributed by atoms with Gasteiger partial charge in [0.25, 0.3) is 5.91 Å². The second-order valence-electron chi connectivity index (χ2n) is 11.6. The van der Waals surface area contributed by atoms with Gasteiger partial charge in [0.2, 0.25) is 5.91 Å². The lowest BCUT2D eigenvalue weighted by atomic mass is 9.77. The molecule has 0 saturated carbocycles. The largest absolute Gasteiger partial charge is 0.493 e. The second-order valence-corrected chi connectivity index (χ2v) is 11.6. The molecule has 2 heterocycles. The number of nitrogens with zero attached hydrogens (tertiary/aromatic N) is 1. The monoisotopic (exact) mass is 663 g/mol. The van der Waals surface area contributed by atoms with E-state index in [9.17, 15) is 37.8 Å². The maximum atomic E-state index is 14.1. The quantitative estimate of drug-likeness (QED) is 0.188. The van der Waals surface area contributed by atoms with Crippen molar-refractivity contribution >= 4 is 29.0 Å². The van der Waals surface area contributed by atoms with E-state index in [-0.39, 0.29) is 54.3 Å². The number of aliphatic hydroxyl groups is 2. The van der Waals surface area contributed by atoms with E-state index >= 15 is 0 Å². The highest BCUT2D eigenvalue weighted by atomic mass is 19.4. The number of aliphatic hydroxyl groups excluding tert-OH is 2. The van der Waals surface area contributed by atoms with Crippen LogP contribution in [-0.4, -0.2) is 83.3 Å². The summed E-state index contributed by atoms with van der Waals surface area (Å²) in [4.78, 5) is 44.1. The SMILES string of the molecule is COc1cc(C=O)cc2c1OC1C2C(C(=O)NCCO)=CC(N(CCc2cc3ccccc3[nH]2)C(=O)c2ccc(C(F)(F)F)cc2)C1O. The molecule has 4 atom stereocenters. The van der Waals surface area contributed by atoms with Crippen molar-refractivity contribution in [2.45, 2.75) is 36.8 Å². The molecule has 6 rings (SSSR count). The number of rotatable bonds is 10. The van der Waals surface area contributed by atoms with Crippen LogP contribution in [0.5, 0.6) is 11.5 Å². The molecule has 0 saturated heterocycles. The lowest BCUT2D eigenvalue weighted by Gasteiger charge is -2.40. The average Bonchev–Trinajstić information content (AvgIpc) is 3.69. The van der Waals surface area contributed by atoms with Crippen LogP contribution in [0.2, 0.25) is 0 Å². The van der Waals surface area contributed by atoms with Crippen LogP contribution in [0.3, 0.4) is 0 Å². The molecule has 2 aliphatic rings. The van der Waals surface area contributed by atoms with Gasteiger partial charge in [-0.25, -0.2) is 0 Å². The van der Waals surface area contributed by atoms with Crippen molar-refractivity contribution < 1.29 is 47.2 Å². The summed E-state index contributed by atoms with van der Waals surface area (Å²) in [5.74, 6) is -1.72. The lowest BCUT2D eigenvalue weighted by molar-refractivity contribution is -0.137. The summed E-state index contributed by atoms with van der Waals surface area (Å²) in [6.07, 6.45) is -4.81. The zero-order valence-electron chi connectivity index (χ0n) is 25.7. The van der Waals surface area contributed by atoms with Crippen molar-refractivity contribution in [3.05, 3.63) is 106 Å². The van der Waals surface area contributed by atoms with E-state index in [1.165, 1.54) is 30.2 Å². The molecule has 3 aromatic carbocycles. The minimum atomic E-state index is -4.61. The standard InChI is InChI=1S/C35H32F3N3O7/c1-47-28-15-19(18-43)14-24-29-25(33(45)39-11-13-42)17-27(30(44)32(29)48-31(24)28)41(12-10-23-16-21-4-2-3-5-26(21)40-23)34(46)20-6-8-22(9-7-20)35(36,37)38/h2-9,14-18,27,29-30,32,40,42,44H,10-13H2,1H3,(H,39,45). The third-order valence-corrected chi connectivity index (χ3v) is 8.70. The normalized spacial score (nSPS) is 19.9. The third-order valence-electron chi connectivity index (χ3n) is 8.70. The number of hydrogen-bond acceptors (Lipinski definition) is 7. The molecule has 0 spiro atoms. The van der Waals surface area contributed by atoms with Gasteiger partial charge in [-0.15, -0.1) is 0 Å². The van der Waals surface area contributed by atoms with E-state index < -0.39 is 47.7 Å². The first-order valence-corrected chi connectivity index (χ1v) is 15.2. The molecule has 1 aliphatic heterocycles. The first-order chi connectivity index (χ1) is 23.0. The van der Waals surface area contributed by atoms with E-state index in [1.54, 1.807) is 0 Å². The van der Waals surface area contributed by atoms with Gasteiger partial charge in [0.05, 0.1) is 31.2 Å². The van der Waals surface area contributed by atoms with Gasteiger partial charge in [0.1, 0.15) is 18.5 Å². The number of para-hydroxylation sites is 1. The summed E-state index contributed by atoms with van der Waals surface area (Å²) in [6.45, 7) is -0.432. The van der Waals surface area contributed by atoms with Crippen molar-refractivity contribution in [1.82, 2.24) is 15.2 Å². The smallest absolute Gasteiger partial charge is 0.416 e. The molecule has 4 N–H and O–H groups in total. The minimum Gasteiger partial charge on any atom is -0.493 e. The van der Waals surface area contributed by atoms with Gasteiger partial charge in [-0.3, -0.25) is 14.4 Å². The van der Waals surface area contributed by atoms with Crippen molar-refractivity contribution in [3.63, 3.8) is 0 Å². The number of H-pyrrole nitrogens is 1. The van der Waals surface area contributed by atoms with Crippen LogP contribution in [0.15, 0.2) is 78.4 Å². The molecular weight excluding hydrogens is 631 g/mol. The molecule has 2 amide bonds. The van der Waals surface area contributed by atoms with Gasteiger partial charge in [-0.2, -0.15) is 13.2 Å². The molecule has 10 nitrogen and oxygen atoms in total. The number of benzene rings is 3. The number of nitrogens with one attached hydrogen (secondary N) is 2. The van der Waals surface area contributed by atoms with E-state index in [0.29, 0.717) is 11.8 Å². The van der Waals surface area contributed by atoms with Crippen LogP contribution in [-0.2, 0) is 17.4 Å². The van der Waals surface area contributed by atoms with Crippen molar-refractivity contribution in [2.75, 3.05) is 26.8 Å². The van der Waals surface area contributed by atoms with Crippen molar-refractivity contribution in [1.29, 1.82) is 0 Å². The van der Waals surface area contributed by atoms with Gasteiger partial charge < -0.3 is 34.9 Å². The Balaban J connectivity index is 1.43. The second kappa shape index (κ2) is 13.2. The van der Waals surface area contributed by atoms with Gasteiger partial charge in [0.15, 0.2) is 11.5 Å². The minimum absolute atomic E-state index is 0.000606.